The average Bonchev–Trinajstić information content (AvgIpc) is 2.75. The summed E-state index contributed by atoms with van der Waals surface area (Å²) in [4.78, 5) is 0. The SMILES string of the molecule is CCCCC[C@H]1CC[C@H](C#Cc2ccc(-c3ccc(CCC)cc3)cc2)CC1. The highest BCUT2D eigenvalue weighted by Crippen LogP contribution is 2.31. The van der Waals surface area contributed by atoms with Gasteiger partial charge in [-0.25, -0.2) is 0 Å². The van der Waals surface area contributed by atoms with Gasteiger partial charge in [0, 0.05) is 11.5 Å². The quantitative estimate of drug-likeness (QED) is 0.341. The van der Waals surface area contributed by atoms with E-state index in [4.69, 9.17) is 0 Å². The van der Waals surface area contributed by atoms with Gasteiger partial charge >= 0.3 is 0 Å². The smallest absolute Gasteiger partial charge is 0.0245 e. The van der Waals surface area contributed by atoms with Crippen molar-refractivity contribution in [2.45, 2.75) is 78.1 Å². The Kier molecular flexibility index (Phi) is 8.23. The lowest BCUT2D eigenvalue weighted by atomic mass is 9.80. The number of rotatable bonds is 7. The van der Waals surface area contributed by atoms with Crippen LogP contribution in [0.2, 0.25) is 0 Å². The lowest BCUT2D eigenvalue weighted by Crippen LogP contribution is -2.13. The fraction of sp³-hybridized carbons (Fsp3) is 0.500. The van der Waals surface area contributed by atoms with Gasteiger partial charge in [0.15, 0.2) is 0 Å². The van der Waals surface area contributed by atoms with E-state index >= 15 is 0 Å². The van der Waals surface area contributed by atoms with Gasteiger partial charge in [-0.1, -0.05) is 94.2 Å². The number of unbranched alkanes of at least 4 members (excludes halogenated alkanes) is 2. The Morgan fingerprint density at radius 2 is 1.39 bits per heavy atom. The fourth-order valence-corrected chi connectivity index (χ4v) is 4.36. The van der Waals surface area contributed by atoms with Gasteiger partial charge < -0.3 is 0 Å². The molecule has 1 aliphatic carbocycles. The molecule has 1 saturated carbocycles. The van der Waals surface area contributed by atoms with Crippen LogP contribution in [0.4, 0.5) is 0 Å². The van der Waals surface area contributed by atoms with Gasteiger partial charge in [0.25, 0.3) is 0 Å². The third-order valence-corrected chi connectivity index (χ3v) is 6.19. The van der Waals surface area contributed by atoms with Crippen LogP contribution in [0.5, 0.6) is 0 Å². The van der Waals surface area contributed by atoms with Gasteiger partial charge in [0.05, 0.1) is 0 Å². The molecule has 2 aromatic carbocycles. The molecule has 0 aliphatic heterocycles. The largest absolute Gasteiger partial charge is 0.0945 e. The van der Waals surface area contributed by atoms with Crippen LogP contribution in [-0.2, 0) is 6.42 Å². The summed E-state index contributed by atoms with van der Waals surface area (Å²) in [5.74, 6) is 8.56. The molecule has 0 N–H and O–H groups in total. The second-order valence-corrected chi connectivity index (χ2v) is 8.51. The van der Waals surface area contributed by atoms with Crippen LogP contribution in [0.3, 0.4) is 0 Å². The van der Waals surface area contributed by atoms with Crippen LogP contribution in [0, 0.1) is 23.7 Å². The van der Waals surface area contributed by atoms with Crippen molar-refractivity contribution in [2.24, 2.45) is 11.8 Å². The number of hydrogen-bond acceptors (Lipinski definition) is 0. The van der Waals surface area contributed by atoms with E-state index in [2.05, 4.69) is 74.2 Å². The molecule has 0 heterocycles. The molecule has 0 bridgehead atoms. The number of aryl methyl sites for hydroxylation is 1. The molecule has 148 valence electrons. The predicted octanol–water partition coefficient (Wildman–Crippen LogP) is 8.04. The normalized spacial score (nSPS) is 19.1. The fourth-order valence-electron chi connectivity index (χ4n) is 4.36. The molecule has 0 atom stereocenters. The van der Waals surface area contributed by atoms with Gasteiger partial charge in [-0.2, -0.15) is 0 Å². The zero-order valence-corrected chi connectivity index (χ0v) is 17.8. The van der Waals surface area contributed by atoms with Crippen LogP contribution in [-0.4, -0.2) is 0 Å². The van der Waals surface area contributed by atoms with Gasteiger partial charge in [-0.15, -0.1) is 0 Å². The van der Waals surface area contributed by atoms with E-state index in [1.807, 2.05) is 0 Å². The molecule has 0 aromatic heterocycles. The van der Waals surface area contributed by atoms with Crippen LogP contribution in [0.25, 0.3) is 11.1 Å². The van der Waals surface area contributed by atoms with E-state index in [0.717, 1.165) is 17.9 Å². The highest BCUT2D eigenvalue weighted by molar-refractivity contribution is 5.64. The lowest BCUT2D eigenvalue weighted by Gasteiger charge is -2.25. The van der Waals surface area contributed by atoms with Crippen molar-refractivity contribution < 1.29 is 0 Å². The highest BCUT2D eigenvalue weighted by Gasteiger charge is 2.19. The predicted molar refractivity (Wildman–Crippen MR) is 122 cm³/mol. The number of hydrogen-bond donors (Lipinski definition) is 0. The molecule has 28 heavy (non-hydrogen) atoms. The topological polar surface area (TPSA) is 0 Å². The summed E-state index contributed by atoms with van der Waals surface area (Å²) in [6, 6.07) is 17.8. The number of benzene rings is 2. The van der Waals surface area contributed by atoms with Gasteiger partial charge in [-0.3, -0.25) is 0 Å². The molecular formula is C28H36. The Bertz CT molecular complexity index is 746. The molecule has 0 spiro atoms. The molecule has 0 amide bonds. The Morgan fingerprint density at radius 3 is 2.00 bits per heavy atom. The molecule has 0 saturated heterocycles. The molecule has 0 heteroatoms. The zero-order chi connectivity index (χ0) is 19.6. The zero-order valence-electron chi connectivity index (χ0n) is 17.8. The second-order valence-electron chi connectivity index (χ2n) is 8.51. The summed E-state index contributed by atoms with van der Waals surface area (Å²) in [7, 11) is 0. The first kappa shape index (κ1) is 20.7. The summed E-state index contributed by atoms with van der Waals surface area (Å²) < 4.78 is 0. The van der Waals surface area contributed by atoms with E-state index in [-0.39, 0.29) is 0 Å². The van der Waals surface area contributed by atoms with Gasteiger partial charge in [-0.05, 0) is 66.8 Å². The van der Waals surface area contributed by atoms with Crippen LogP contribution in [0.1, 0.15) is 82.8 Å². The van der Waals surface area contributed by atoms with Crippen molar-refractivity contribution in [1.82, 2.24) is 0 Å². The van der Waals surface area contributed by atoms with E-state index in [9.17, 15) is 0 Å². The Hall–Kier alpha value is -2.00. The summed E-state index contributed by atoms with van der Waals surface area (Å²) in [5, 5.41) is 0. The van der Waals surface area contributed by atoms with E-state index < -0.39 is 0 Å². The molecule has 0 nitrogen and oxygen atoms in total. The third-order valence-electron chi connectivity index (χ3n) is 6.19. The first-order valence-electron chi connectivity index (χ1n) is 11.5. The minimum atomic E-state index is 0.605. The van der Waals surface area contributed by atoms with Crippen molar-refractivity contribution in [3.05, 3.63) is 59.7 Å². The maximum Gasteiger partial charge on any atom is 0.0245 e. The van der Waals surface area contributed by atoms with Crippen LogP contribution >= 0.6 is 0 Å². The molecular weight excluding hydrogens is 336 g/mol. The molecule has 1 aliphatic rings. The Balaban J connectivity index is 1.51. The Morgan fingerprint density at radius 1 is 0.750 bits per heavy atom. The van der Waals surface area contributed by atoms with Crippen molar-refractivity contribution >= 4 is 0 Å². The van der Waals surface area contributed by atoms with Gasteiger partial charge in [0.1, 0.15) is 0 Å². The summed E-state index contributed by atoms with van der Waals surface area (Å²) in [5.41, 5.74) is 5.15. The molecule has 1 fully saturated rings. The monoisotopic (exact) mass is 372 g/mol. The summed E-state index contributed by atoms with van der Waals surface area (Å²) in [6.07, 6.45) is 13.3. The minimum absolute atomic E-state index is 0.605. The average molecular weight is 373 g/mol. The standard InChI is InChI=1S/C28H36/c1-3-5-6-8-24-9-11-25(12-10-24)13-14-26-17-21-28(22-18-26)27-19-15-23(7-4-2)16-20-27/h15-22,24-25H,3-12H2,1-2H3/t24-,25-. The minimum Gasteiger partial charge on any atom is -0.0945 e. The van der Waals surface area contributed by atoms with Gasteiger partial charge in [0.2, 0.25) is 0 Å². The second kappa shape index (κ2) is 11.1. The van der Waals surface area contributed by atoms with E-state index in [1.54, 1.807) is 0 Å². The van der Waals surface area contributed by atoms with Crippen molar-refractivity contribution in [1.29, 1.82) is 0 Å². The molecule has 0 radical (unpaired) electrons. The first-order chi connectivity index (χ1) is 13.8. The molecule has 3 rings (SSSR count). The highest BCUT2D eigenvalue weighted by atomic mass is 14.2. The molecule has 2 aromatic rings. The van der Waals surface area contributed by atoms with Crippen molar-refractivity contribution in [2.75, 3.05) is 0 Å². The summed E-state index contributed by atoms with van der Waals surface area (Å²) >= 11 is 0. The maximum absolute atomic E-state index is 3.56. The van der Waals surface area contributed by atoms with E-state index in [1.165, 1.54) is 74.5 Å². The van der Waals surface area contributed by atoms with Crippen LogP contribution < -0.4 is 0 Å². The van der Waals surface area contributed by atoms with E-state index in [0.29, 0.717) is 5.92 Å². The van der Waals surface area contributed by atoms with Crippen molar-refractivity contribution in [3.63, 3.8) is 0 Å². The maximum atomic E-state index is 3.56. The van der Waals surface area contributed by atoms with Crippen molar-refractivity contribution in [3.8, 4) is 23.0 Å². The first-order valence-corrected chi connectivity index (χ1v) is 11.5. The summed E-state index contributed by atoms with van der Waals surface area (Å²) in [6.45, 7) is 4.52. The third kappa shape index (κ3) is 6.27. The van der Waals surface area contributed by atoms with Crippen LogP contribution in [0.15, 0.2) is 48.5 Å². The Labute approximate surface area is 172 Å². The molecule has 0 unspecified atom stereocenters. The lowest BCUT2D eigenvalue weighted by molar-refractivity contribution is 0.294.